The highest BCUT2D eigenvalue weighted by atomic mass is 32.2. The molecule has 14 heavy (non-hydrogen) atoms. The van der Waals surface area contributed by atoms with Gasteiger partial charge in [0.2, 0.25) is 0 Å². The van der Waals surface area contributed by atoms with Gasteiger partial charge in [-0.3, -0.25) is 4.99 Å². The van der Waals surface area contributed by atoms with Crippen LogP contribution in [0.25, 0.3) is 0 Å². The molecule has 1 fully saturated rings. The van der Waals surface area contributed by atoms with E-state index in [4.69, 9.17) is 0 Å². The summed E-state index contributed by atoms with van der Waals surface area (Å²) in [5.41, 5.74) is 0. The molecule has 1 rings (SSSR count). The van der Waals surface area contributed by atoms with Crippen molar-refractivity contribution in [3.05, 3.63) is 0 Å². The van der Waals surface area contributed by atoms with Gasteiger partial charge in [0.15, 0.2) is 5.17 Å². The number of thioether (sulfide) groups is 1. The van der Waals surface area contributed by atoms with Crippen LogP contribution in [0.3, 0.4) is 0 Å². The lowest BCUT2D eigenvalue weighted by Crippen LogP contribution is -2.28. The van der Waals surface area contributed by atoms with Crippen LogP contribution in [0.1, 0.15) is 27.2 Å². The number of nitrogens with zero attached hydrogens (tertiary/aromatic N) is 1. The Kier molecular flexibility index (Phi) is 3.75. The molecule has 0 aromatic rings. The monoisotopic (exact) mass is 222 g/mol. The van der Waals surface area contributed by atoms with E-state index in [1.807, 2.05) is 6.92 Å². The van der Waals surface area contributed by atoms with E-state index in [9.17, 15) is 8.78 Å². The molecule has 1 saturated heterocycles. The summed E-state index contributed by atoms with van der Waals surface area (Å²) in [6, 6.07) is 0.328. The minimum atomic E-state index is -2.71. The average Bonchev–Trinajstić information content (AvgIpc) is 2.42. The summed E-state index contributed by atoms with van der Waals surface area (Å²) < 4.78 is 25.0. The Morgan fingerprint density at radius 2 is 2.21 bits per heavy atom. The van der Waals surface area contributed by atoms with Gasteiger partial charge < -0.3 is 5.32 Å². The van der Waals surface area contributed by atoms with Crippen LogP contribution in [0.15, 0.2) is 4.99 Å². The number of nitrogens with one attached hydrogen (secondary N) is 1. The van der Waals surface area contributed by atoms with Crippen LogP contribution in [-0.4, -0.2) is 28.9 Å². The first-order valence-electron chi connectivity index (χ1n) is 4.78. The topological polar surface area (TPSA) is 24.4 Å². The highest BCUT2D eigenvalue weighted by molar-refractivity contribution is 8.14. The van der Waals surface area contributed by atoms with E-state index in [1.165, 1.54) is 0 Å². The largest absolute Gasteiger partial charge is 0.361 e. The summed E-state index contributed by atoms with van der Waals surface area (Å²) in [4.78, 5) is 3.86. The van der Waals surface area contributed by atoms with Crippen molar-refractivity contribution in [2.24, 2.45) is 4.99 Å². The normalized spacial score (nSPS) is 30.8. The molecule has 0 spiro atoms. The molecule has 1 aliphatic heterocycles. The zero-order valence-corrected chi connectivity index (χ0v) is 9.50. The molecule has 5 heteroatoms. The predicted molar refractivity (Wildman–Crippen MR) is 57.2 cm³/mol. The first-order valence-corrected chi connectivity index (χ1v) is 5.66. The van der Waals surface area contributed by atoms with Gasteiger partial charge in [-0.1, -0.05) is 18.7 Å². The SMILES string of the molecule is CCC1SC(=NCC(C)(F)F)NC1C. The van der Waals surface area contributed by atoms with Crippen LogP contribution in [0, 0.1) is 0 Å². The van der Waals surface area contributed by atoms with Gasteiger partial charge in [0.05, 0.1) is 0 Å². The maximum absolute atomic E-state index is 12.5. The van der Waals surface area contributed by atoms with Crippen LogP contribution in [-0.2, 0) is 0 Å². The number of hydrogen-bond donors (Lipinski definition) is 1. The van der Waals surface area contributed by atoms with Gasteiger partial charge in [-0.15, -0.1) is 0 Å². The van der Waals surface area contributed by atoms with E-state index in [0.29, 0.717) is 16.5 Å². The molecule has 0 saturated carbocycles. The maximum Gasteiger partial charge on any atom is 0.264 e. The molecule has 0 bridgehead atoms. The van der Waals surface area contributed by atoms with Gasteiger partial charge in [0.1, 0.15) is 6.54 Å². The number of rotatable bonds is 3. The maximum atomic E-state index is 12.5. The summed E-state index contributed by atoms with van der Waals surface area (Å²) in [5, 5.41) is 4.22. The Bertz CT molecular complexity index is 225. The number of alkyl halides is 2. The lowest BCUT2D eigenvalue weighted by Gasteiger charge is -2.08. The fourth-order valence-electron chi connectivity index (χ4n) is 1.30. The summed E-state index contributed by atoms with van der Waals surface area (Å²) in [6.07, 6.45) is 1.03. The van der Waals surface area contributed by atoms with E-state index in [-0.39, 0.29) is 0 Å². The van der Waals surface area contributed by atoms with Crippen LogP contribution in [0.5, 0.6) is 0 Å². The fourth-order valence-corrected chi connectivity index (χ4v) is 2.42. The number of hydrogen-bond acceptors (Lipinski definition) is 2. The van der Waals surface area contributed by atoms with Crippen molar-refractivity contribution in [1.82, 2.24) is 5.32 Å². The van der Waals surface area contributed by atoms with Gasteiger partial charge in [-0.2, -0.15) is 0 Å². The second kappa shape index (κ2) is 4.47. The number of amidine groups is 1. The van der Waals surface area contributed by atoms with Crippen molar-refractivity contribution in [3.63, 3.8) is 0 Å². The molecule has 0 amide bonds. The van der Waals surface area contributed by atoms with Crippen LogP contribution < -0.4 is 5.32 Å². The third kappa shape index (κ3) is 3.44. The van der Waals surface area contributed by atoms with E-state index >= 15 is 0 Å². The highest BCUT2D eigenvalue weighted by Gasteiger charge is 2.28. The molecular weight excluding hydrogens is 206 g/mol. The smallest absolute Gasteiger partial charge is 0.264 e. The Labute approximate surface area is 87.6 Å². The molecule has 82 valence electrons. The van der Waals surface area contributed by atoms with Crippen LogP contribution in [0.4, 0.5) is 8.78 Å². The summed E-state index contributed by atoms with van der Waals surface area (Å²) in [5.74, 6) is -2.71. The van der Waals surface area contributed by atoms with Crippen molar-refractivity contribution >= 4 is 16.9 Å². The van der Waals surface area contributed by atoms with Gasteiger partial charge in [-0.25, -0.2) is 8.78 Å². The van der Waals surface area contributed by atoms with Gasteiger partial charge in [0, 0.05) is 18.2 Å². The predicted octanol–water partition coefficient (Wildman–Crippen LogP) is 2.50. The summed E-state index contributed by atoms with van der Waals surface area (Å²) in [6.45, 7) is 4.60. The Hall–Kier alpha value is -0.320. The third-order valence-electron chi connectivity index (χ3n) is 2.07. The van der Waals surface area contributed by atoms with Crippen molar-refractivity contribution in [3.8, 4) is 0 Å². The fraction of sp³-hybridized carbons (Fsp3) is 0.889. The van der Waals surface area contributed by atoms with E-state index in [2.05, 4.69) is 17.2 Å². The second-order valence-electron chi connectivity index (χ2n) is 3.69. The molecule has 0 aromatic carbocycles. The first-order chi connectivity index (χ1) is 6.42. The third-order valence-corrected chi connectivity index (χ3v) is 3.59. The minimum Gasteiger partial charge on any atom is -0.361 e. The number of aliphatic imine (C=N–C) groups is 1. The Morgan fingerprint density at radius 3 is 2.64 bits per heavy atom. The Morgan fingerprint density at radius 1 is 1.57 bits per heavy atom. The molecule has 2 atom stereocenters. The van der Waals surface area contributed by atoms with Gasteiger partial charge >= 0.3 is 0 Å². The summed E-state index contributed by atoms with van der Waals surface area (Å²) >= 11 is 1.56. The zero-order chi connectivity index (χ0) is 10.8. The van der Waals surface area contributed by atoms with Crippen LogP contribution >= 0.6 is 11.8 Å². The van der Waals surface area contributed by atoms with Crippen molar-refractivity contribution in [1.29, 1.82) is 0 Å². The van der Waals surface area contributed by atoms with Crippen molar-refractivity contribution in [2.45, 2.75) is 44.4 Å². The molecule has 0 radical (unpaired) electrons. The van der Waals surface area contributed by atoms with Gasteiger partial charge in [0.25, 0.3) is 5.92 Å². The number of halogens is 2. The molecule has 2 nitrogen and oxygen atoms in total. The average molecular weight is 222 g/mol. The zero-order valence-electron chi connectivity index (χ0n) is 8.68. The molecule has 0 aromatic heterocycles. The highest BCUT2D eigenvalue weighted by Crippen LogP contribution is 2.26. The molecule has 1 heterocycles. The van der Waals surface area contributed by atoms with Crippen LogP contribution in [0.2, 0.25) is 0 Å². The van der Waals surface area contributed by atoms with Crippen molar-refractivity contribution < 1.29 is 8.78 Å². The molecular formula is C9H16F2N2S. The summed E-state index contributed by atoms with van der Waals surface area (Å²) in [7, 11) is 0. The van der Waals surface area contributed by atoms with E-state index in [1.54, 1.807) is 11.8 Å². The standard InChI is InChI=1S/C9H16F2N2S/c1-4-7-6(2)13-8(14-7)12-5-9(3,10)11/h6-7H,4-5H2,1-3H3,(H,12,13). The van der Waals surface area contributed by atoms with Gasteiger partial charge in [-0.05, 0) is 13.3 Å². The first kappa shape index (κ1) is 11.8. The minimum absolute atomic E-state index is 0.328. The molecule has 2 unspecified atom stereocenters. The lowest BCUT2D eigenvalue weighted by atomic mass is 10.2. The second-order valence-corrected chi connectivity index (χ2v) is 4.92. The van der Waals surface area contributed by atoms with Crippen molar-refractivity contribution in [2.75, 3.05) is 6.54 Å². The molecule has 1 N–H and O–H groups in total. The Balaban J connectivity index is 2.48. The molecule has 0 aliphatic carbocycles. The van der Waals surface area contributed by atoms with E-state index in [0.717, 1.165) is 13.3 Å². The van der Waals surface area contributed by atoms with E-state index < -0.39 is 12.5 Å². The quantitative estimate of drug-likeness (QED) is 0.793. The lowest BCUT2D eigenvalue weighted by molar-refractivity contribution is 0.0327. The molecule has 1 aliphatic rings.